The van der Waals surface area contributed by atoms with Gasteiger partial charge in [-0.3, -0.25) is 0 Å². The summed E-state index contributed by atoms with van der Waals surface area (Å²) in [6.07, 6.45) is 11.8. The molecule has 0 aliphatic carbocycles. The molecule has 0 saturated carbocycles. The summed E-state index contributed by atoms with van der Waals surface area (Å²) in [5.74, 6) is 0. The summed E-state index contributed by atoms with van der Waals surface area (Å²) in [7, 11) is 0. The summed E-state index contributed by atoms with van der Waals surface area (Å²) in [4.78, 5) is 25.6. The van der Waals surface area contributed by atoms with Crippen molar-refractivity contribution in [1.82, 2.24) is 29.9 Å². The van der Waals surface area contributed by atoms with Crippen LogP contribution in [0.5, 0.6) is 0 Å². The molecule has 2 aliphatic rings. The number of allylic oxidation sites excluding steroid dienone is 2. The fourth-order valence-corrected chi connectivity index (χ4v) is 3.48. The Bertz CT molecular complexity index is 1450. The molecule has 0 saturated heterocycles. The standard InChI is InChI=1S/C22H14N6/c1-3-15-16-4-2-6-18(24-16)26-20-12-10-14-8-7-13-9-11-19(25-17(5-1)23-15)27-21(13)22(14)28-20/h1-12H,(H,23,25,27)(H,24,26,28). The van der Waals surface area contributed by atoms with Crippen molar-refractivity contribution in [1.29, 1.82) is 0 Å². The van der Waals surface area contributed by atoms with E-state index in [-0.39, 0.29) is 0 Å². The maximum Gasteiger partial charge on any atom is 0.155 e. The first-order chi connectivity index (χ1) is 13.8. The number of aromatic nitrogens is 6. The Kier molecular flexibility index (Phi) is 3.07. The van der Waals surface area contributed by atoms with Crippen LogP contribution in [0.2, 0.25) is 0 Å². The van der Waals surface area contributed by atoms with Crippen LogP contribution < -0.4 is 11.0 Å². The minimum atomic E-state index is 0.632. The number of H-pyrrole nitrogens is 2. The molecular formula is C22H14N6. The molecule has 28 heavy (non-hydrogen) atoms. The largest absolute Gasteiger partial charge is 0.338 e. The highest BCUT2D eigenvalue weighted by molar-refractivity contribution is 6.03. The second kappa shape index (κ2) is 5.72. The lowest BCUT2D eigenvalue weighted by Gasteiger charge is -2.05. The van der Waals surface area contributed by atoms with Gasteiger partial charge in [0, 0.05) is 10.8 Å². The number of nitrogens with one attached hydrogen (secondary N) is 2. The van der Waals surface area contributed by atoms with E-state index < -0.39 is 0 Å². The average Bonchev–Trinajstić information content (AvgIpc) is 2.73. The SMILES string of the molecule is C1=Cc2[nH]c(nc3ccc4ccc5ccc(nc6[nH]c2C=CC=6)nc5c4n3)=C1. The van der Waals surface area contributed by atoms with Crippen LogP contribution in [0.3, 0.4) is 0 Å². The number of rotatable bonds is 0. The summed E-state index contributed by atoms with van der Waals surface area (Å²) < 4.78 is 0. The monoisotopic (exact) mass is 362 g/mol. The topological polar surface area (TPSA) is 83.1 Å². The quantitative estimate of drug-likeness (QED) is 0.471. The summed E-state index contributed by atoms with van der Waals surface area (Å²) >= 11 is 0. The highest BCUT2D eigenvalue weighted by Gasteiger charge is 2.05. The molecule has 6 rings (SSSR count). The minimum absolute atomic E-state index is 0.632. The lowest BCUT2D eigenvalue weighted by molar-refractivity contribution is 1.06. The van der Waals surface area contributed by atoms with Gasteiger partial charge in [0.2, 0.25) is 0 Å². The van der Waals surface area contributed by atoms with E-state index >= 15 is 0 Å². The number of benzene rings is 1. The van der Waals surface area contributed by atoms with Crippen LogP contribution in [0.15, 0.2) is 48.6 Å². The second-order valence-corrected chi connectivity index (χ2v) is 6.67. The Balaban J connectivity index is 1.89. The number of fused-ring (bicyclic) bond motifs is 7. The molecule has 2 aliphatic heterocycles. The number of aromatic amines is 2. The van der Waals surface area contributed by atoms with Crippen molar-refractivity contribution in [2.45, 2.75) is 0 Å². The highest BCUT2D eigenvalue weighted by atomic mass is 14.9. The molecule has 0 unspecified atom stereocenters. The normalized spacial score (nSPS) is 13.3. The van der Waals surface area contributed by atoms with Gasteiger partial charge in [-0.1, -0.05) is 24.3 Å². The molecule has 3 aromatic heterocycles. The third-order valence-corrected chi connectivity index (χ3v) is 4.81. The van der Waals surface area contributed by atoms with Gasteiger partial charge < -0.3 is 9.97 Å². The molecule has 6 heteroatoms. The van der Waals surface area contributed by atoms with Gasteiger partial charge in [0.25, 0.3) is 0 Å². The molecule has 5 heterocycles. The van der Waals surface area contributed by atoms with Gasteiger partial charge in [0.15, 0.2) is 11.3 Å². The fourth-order valence-electron chi connectivity index (χ4n) is 3.48. The van der Waals surface area contributed by atoms with Crippen LogP contribution in [-0.4, -0.2) is 29.9 Å². The lowest BCUT2D eigenvalue weighted by atomic mass is 10.1. The summed E-state index contributed by atoms with van der Waals surface area (Å²) in [6, 6.07) is 12.0. The van der Waals surface area contributed by atoms with Crippen molar-refractivity contribution in [3.05, 3.63) is 70.9 Å². The Morgan fingerprint density at radius 3 is 1.50 bits per heavy atom. The fraction of sp³-hybridized carbons (Fsp3) is 0. The van der Waals surface area contributed by atoms with Gasteiger partial charge in [-0.25, -0.2) is 19.9 Å². The van der Waals surface area contributed by atoms with Crippen LogP contribution >= 0.6 is 0 Å². The van der Waals surface area contributed by atoms with Crippen molar-refractivity contribution in [2.75, 3.05) is 0 Å². The predicted molar refractivity (Wildman–Crippen MR) is 112 cm³/mol. The number of hydrogen-bond acceptors (Lipinski definition) is 4. The lowest BCUT2D eigenvalue weighted by Crippen LogP contribution is -2.16. The van der Waals surface area contributed by atoms with E-state index in [0.717, 1.165) is 44.2 Å². The molecule has 2 N–H and O–H groups in total. The van der Waals surface area contributed by atoms with Crippen molar-refractivity contribution in [2.24, 2.45) is 0 Å². The third kappa shape index (κ3) is 2.43. The smallest absolute Gasteiger partial charge is 0.155 e. The zero-order valence-corrected chi connectivity index (χ0v) is 14.7. The molecule has 1 aromatic carbocycles. The van der Waals surface area contributed by atoms with Crippen molar-refractivity contribution >= 4 is 57.4 Å². The van der Waals surface area contributed by atoms with E-state index in [1.165, 1.54) is 0 Å². The summed E-state index contributed by atoms with van der Waals surface area (Å²) in [5, 5.41) is 2.05. The molecule has 6 nitrogen and oxygen atoms in total. The molecule has 8 bridgehead atoms. The first-order valence-electron chi connectivity index (χ1n) is 9.01. The Morgan fingerprint density at radius 2 is 1.00 bits per heavy atom. The van der Waals surface area contributed by atoms with E-state index in [4.69, 9.17) is 9.97 Å². The van der Waals surface area contributed by atoms with Gasteiger partial charge in [0.05, 0.1) is 22.4 Å². The summed E-state index contributed by atoms with van der Waals surface area (Å²) in [6.45, 7) is 0. The Labute approximate surface area is 158 Å². The number of pyridine rings is 2. The molecule has 0 atom stereocenters. The van der Waals surface area contributed by atoms with Crippen LogP contribution in [0.4, 0.5) is 0 Å². The van der Waals surface area contributed by atoms with Crippen molar-refractivity contribution in [3.8, 4) is 0 Å². The Morgan fingerprint density at radius 1 is 0.536 bits per heavy atom. The van der Waals surface area contributed by atoms with E-state index in [2.05, 4.69) is 32.1 Å². The van der Waals surface area contributed by atoms with Gasteiger partial charge >= 0.3 is 0 Å². The molecular weight excluding hydrogens is 348 g/mol. The molecule has 0 fully saturated rings. The molecule has 0 spiro atoms. The van der Waals surface area contributed by atoms with Gasteiger partial charge in [-0.2, -0.15) is 0 Å². The van der Waals surface area contributed by atoms with Gasteiger partial charge in [-0.05, 0) is 48.6 Å². The maximum atomic E-state index is 4.78. The van der Waals surface area contributed by atoms with Crippen molar-refractivity contribution in [3.63, 3.8) is 0 Å². The minimum Gasteiger partial charge on any atom is -0.338 e. The van der Waals surface area contributed by atoms with Gasteiger partial charge in [-0.15, -0.1) is 0 Å². The first-order valence-corrected chi connectivity index (χ1v) is 9.01. The Hall–Kier alpha value is -4.06. The van der Waals surface area contributed by atoms with Crippen LogP contribution in [0, 0.1) is 0 Å². The zero-order chi connectivity index (χ0) is 18.5. The van der Waals surface area contributed by atoms with E-state index in [0.29, 0.717) is 11.3 Å². The van der Waals surface area contributed by atoms with E-state index in [1.807, 2.05) is 60.7 Å². The number of hydrogen-bond donors (Lipinski definition) is 2. The maximum absolute atomic E-state index is 4.78. The molecule has 0 amide bonds. The molecule has 0 radical (unpaired) electrons. The first kappa shape index (κ1) is 15.0. The van der Waals surface area contributed by atoms with Gasteiger partial charge in [0.1, 0.15) is 11.0 Å². The average molecular weight is 362 g/mol. The van der Waals surface area contributed by atoms with Crippen LogP contribution in [0.1, 0.15) is 11.4 Å². The highest BCUT2D eigenvalue weighted by Crippen LogP contribution is 2.22. The van der Waals surface area contributed by atoms with Crippen LogP contribution in [-0.2, 0) is 0 Å². The predicted octanol–water partition coefficient (Wildman–Crippen LogP) is 2.68. The van der Waals surface area contributed by atoms with E-state index in [1.54, 1.807) is 0 Å². The van der Waals surface area contributed by atoms with E-state index in [9.17, 15) is 0 Å². The summed E-state index contributed by atoms with van der Waals surface area (Å²) in [5.41, 5.74) is 6.20. The number of nitrogens with zero attached hydrogens (tertiary/aromatic N) is 4. The molecule has 4 aromatic rings. The third-order valence-electron chi connectivity index (χ3n) is 4.81. The zero-order valence-electron chi connectivity index (χ0n) is 14.7. The molecule has 132 valence electrons. The van der Waals surface area contributed by atoms with Crippen LogP contribution in [0.25, 0.3) is 57.4 Å². The second-order valence-electron chi connectivity index (χ2n) is 6.67. The van der Waals surface area contributed by atoms with Crippen molar-refractivity contribution < 1.29 is 0 Å².